The molecular formula is C53H68ClN7O8S. The molecule has 0 bridgehead atoms. The van der Waals surface area contributed by atoms with Gasteiger partial charge in [-0.05, 0) is 86.2 Å². The lowest BCUT2D eigenvalue weighted by Crippen LogP contribution is -2.74. The molecule has 6 rings (SSSR count). The Morgan fingerprint density at radius 1 is 0.957 bits per heavy atom. The zero-order valence-corrected chi connectivity index (χ0v) is 43.3. The van der Waals surface area contributed by atoms with E-state index in [9.17, 15) is 29.5 Å². The number of rotatable bonds is 21. The molecule has 1 aliphatic heterocycles. The summed E-state index contributed by atoms with van der Waals surface area (Å²) in [6.45, 7) is 16.7. The molecule has 376 valence electrons. The van der Waals surface area contributed by atoms with E-state index in [1.807, 2.05) is 57.5 Å². The molecule has 1 aromatic heterocycles. The maximum Gasteiger partial charge on any atom is 0.251 e. The number of benzene rings is 3. The van der Waals surface area contributed by atoms with Gasteiger partial charge in [-0.3, -0.25) is 19.2 Å². The van der Waals surface area contributed by atoms with Gasteiger partial charge < -0.3 is 45.5 Å². The number of ether oxygens (including phenoxy) is 3. The number of likely N-dealkylation sites (N-methyl/N-ethyl adjacent to an activating group) is 1. The molecule has 2 heterocycles. The van der Waals surface area contributed by atoms with Gasteiger partial charge in [0.1, 0.15) is 42.4 Å². The third-order valence-corrected chi connectivity index (χ3v) is 14.6. The van der Waals surface area contributed by atoms with E-state index in [2.05, 4.69) is 60.0 Å². The molecule has 2 fully saturated rings. The number of halogens is 1. The van der Waals surface area contributed by atoms with Gasteiger partial charge in [-0.25, -0.2) is 4.98 Å². The van der Waals surface area contributed by atoms with Crippen LogP contribution in [0.4, 0.5) is 0 Å². The zero-order valence-electron chi connectivity index (χ0n) is 41.7. The van der Waals surface area contributed by atoms with Crippen molar-refractivity contribution in [2.24, 2.45) is 16.2 Å². The number of unbranched alkanes of at least 4 members (excludes halogenated alkanes) is 2. The van der Waals surface area contributed by atoms with Crippen molar-refractivity contribution in [3.63, 3.8) is 0 Å². The Morgan fingerprint density at radius 3 is 2.24 bits per heavy atom. The Morgan fingerprint density at radius 2 is 1.63 bits per heavy atom. The molecule has 15 nitrogen and oxygen atoms in total. The molecule has 1 saturated carbocycles. The summed E-state index contributed by atoms with van der Waals surface area (Å²) < 4.78 is 18.0. The van der Waals surface area contributed by atoms with Gasteiger partial charge in [0, 0.05) is 54.6 Å². The van der Waals surface area contributed by atoms with Crippen LogP contribution >= 0.6 is 22.9 Å². The van der Waals surface area contributed by atoms with Crippen molar-refractivity contribution in [2.75, 3.05) is 40.0 Å². The second-order valence-corrected chi connectivity index (χ2v) is 21.8. The molecule has 2 aliphatic rings. The number of aliphatic hydroxyl groups excluding tert-OH is 1. The van der Waals surface area contributed by atoms with E-state index in [1.54, 1.807) is 60.8 Å². The number of hydrogen-bond acceptors (Lipinski definition) is 12. The van der Waals surface area contributed by atoms with Crippen LogP contribution in [0.25, 0.3) is 10.4 Å². The smallest absolute Gasteiger partial charge is 0.251 e. The number of nitrogens with zero attached hydrogens (tertiary/aromatic N) is 3. The minimum Gasteiger partial charge on any atom is -0.494 e. The van der Waals surface area contributed by atoms with E-state index in [1.165, 1.54) is 4.90 Å². The average molecular weight is 999 g/mol. The monoisotopic (exact) mass is 997 g/mol. The number of nitriles is 1. The number of carbonyl (C=O) groups excluding carboxylic acids is 4. The molecule has 0 radical (unpaired) electrons. The maximum absolute atomic E-state index is 14.2. The number of carbonyl (C=O) groups is 4. The van der Waals surface area contributed by atoms with Crippen molar-refractivity contribution < 1.29 is 38.5 Å². The lowest BCUT2D eigenvalue weighted by molar-refractivity contribution is -0.164. The zero-order chi connectivity index (χ0) is 51.0. The summed E-state index contributed by atoms with van der Waals surface area (Å²) in [5.41, 5.74) is 4.09. The van der Waals surface area contributed by atoms with Crippen molar-refractivity contribution in [1.29, 1.82) is 5.26 Å². The standard InChI is InChI=1S/C53H68ClN7O8S/c1-32-44(70-31-57-32)34-15-13-33(14-16-34)41(28-56-9)58-47(65)42-25-37(62)29-61(42)48(66)45(51(2,3)4)59-43(63)30-67-23-11-10-12-24-68-38-20-17-35(18-21-38)46(64)60-49-52(5,6)50(53(49,7)8)69-39-22-19-36(27-55)40(54)26-39/h13-22,26,31,37,41-42,45,49-50,56,62H,10-12,23-25,28-30H2,1-9H3,(H,58,65)(H,59,63)(H,60,64)/t37-,41+,42+,45-,49?,50?/m1/s1. The predicted octanol–water partition coefficient (Wildman–Crippen LogP) is 7.39. The topological polar surface area (TPSA) is 204 Å². The van der Waals surface area contributed by atoms with Crippen LogP contribution in [0.2, 0.25) is 5.02 Å². The van der Waals surface area contributed by atoms with Crippen molar-refractivity contribution in [3.05, 3.63) is 99.6 Å². The highest BCUT2D eigenvalue weighted by molar-refractivity contribution is 7.13. The number of β-amino-alcohol motifs (C(OH)–C–C–N with tert-alkyl or cyclic N) is 1. The van der Waals surface area contributed by atoms with Crippen LogP contribution in [0.15, 0.2) is 72.2 Å². The molecule has 4 aromatic rings. The number of nitrogens with one attached hydrogen (secondary N) is 4. The third-order valence-electron chi connectivity index (χ3n) is 13.3. The number of aromatic nitrogens is 1. The van der Waals surface area contributed by atoms with E-state index in [0.29, 0.717) is 53.8 Å². The van der Waals surface area contributed by atoms with Crippen LogP contribution in [-0.4, -0.2) is 109 Å². The number of amides is 4. The molecule has 3 aromatic carbocycles. The first-order valence-corrected chi connectivity index (χ1v) is 25.1. The summed E-state index contributed by atoms with van der Waals surface area (Å²) in [5.74, 6) is -0.260. The van der Waals surface area contributed by atoms with Crippen molar-refractivity contribution in [1.82, 2.24) is 31.2 Å². The molecular weight excluding hydrogens is 930 g/mol. The van der Waals surface area contributed by atoms with E-state index < -0.39 is 52.3 Å². The Bertz CT molecular complexity index is 2490. The fraction of sp³-hybridized carbons (Fsp3) is 0.509. The van der Waals surface area contributed by atoms with E-state index in [4.69, 9.17) is 25.8 Å². The molecule has 70 heavy (non-hydrogen) atoms. The first-order valence-electron chi connectivity index (χ1n) is 23.9. The second kappa shape index (κ2) is 23.1. The SMILES string of the molecule is CNC[C@H](NC(=O)[C@@H]1C[C@@H](O)CN1C(=O)[C@@H](NC(=O)COCCCCCOc1ccc(C(=O)NC2C(C)(C)C(Oc3ccc(C#N)c(Cl)c3)C2(C)C)cc1)C(C)(C)C)c1ccc(-c2scnc2C)cc1. The van der Waals surface area contributed by atoms with Gasteiger partial charge >= 0.3 is 0 Å². The van der Waals surface area contributed by atoms with Crippen LogP contribution in [0, 0.1) is 34.5 Å². The molecule has 1 aliphatic carbocycles. The summed E-state index contributed by atoms with van der Waals surface area (Å²) in [5, 5.41) is 32.6. The van der Waals surface area contributed by atoms with Gasteiger partial charge in [-0.1, -0.05) is 84.3 Å². The summed E-state index contributed by atoms with van der Waals surface area (Å²) in [7, 11) is 1.80. The number of likely N-dealkylation sites (tertiary alicyclic amines) is 1. The second-order valence-electron chi connectivity index (χ2n) is 20.6. The fourth-order valence-corrected chi connectivity index (χ4v) is 10.9. The van der Waals surface area contributed by atoms with Crippen LogP contribution in [-0.2, 0) is 19.1 Å². The highest BCUT2D eigenvalue weighted by Crippen LogP contribution is 2.55. The van der Waals surface area contributed by atoms with Gasteiger partial charge in [-0.2, -0.15) is 5.26 Å². The van der Waals surface area contributed by atoms with E-state index in [0.717, 1.165) is 34.5 Å². The summed E-state index contributed by atoms with van der Waals surface area (Å²) >= 11 is 7.81. The Balaban J connectivity index is 0.903. The van der Waals surface area contributed by atoms with Crippen LogP contribution in [0.3, 0.4) is 0 Å². The van der Waals surface area contributed by atoms with Gasteiger partial charge in [0.05, 0.1) is 45.4 Å². The van der Waals surface area contributed by atoms with Crippen LogP contribution in [0.1, 0.15) is 107 Å². The first-order chi connectivity index (χ1) is 33.1. The summed E-state index contributed by atoms with van der Waals surface area (Å²) in [6, 6.07) is 19.6. The van der Waals surface area contributed by atoms with Gasteiger partial charge in [0.15, 0.2) is 0 Å². The maximum atomic E-state index is 14.2. The Kier molecular flexibility index (Phi) is 17.8. The Labute approximate surface area is 421 Å². The molecule has 5 N–H and O–H groups in total. The highest BCUT2D eigenvalue weighted by Gasteiger charge is 2.64. The molecule has 0 spiro atoms. The minimum absolute atomic E-state index is 0.0302. The van der Waals surface area contributed by atoms with Crippen LogP contribution in [0.5, 0.6) is 11.5 Å². The molecule has 4 amide bonds. The number of aliphatic hydroxyl groups is 1. The average Bonchev–Trinajstić information content (AvgIpc) is 3.94. The van der Waals surface area contributed by atoms with Gasteiger partial charge in [-0.15, -0.1) is 11.3 Å². The van der Waals surface area contributed by atoms with E-state index in [-0.39, 0.29) is 43.5 Å². The number of hydrogen-bond donors (Lipinski definition) is 5. The number of aryl methyl sites for hydroxylation is 1. The van der Waals surface area contributed by atoms with E-state index >= 15 is 0 Å². The lowest BCUT2D eigenvalue weighted by Gasteiger charge is -2.63. The fourth-order valence-electron chi connectivity index (χ4n) is 9.84. The predicted molar refractivity (Wildman–Crippen MR) is 271 cm³/mol. The molecule has 1 saturated heterocycles. The Hall–Kier alpha value is -5.57. The van der Waals surface area contributed by atoms with Crippen LogP contribution < -0.4 is 30.7 Å². The van der Waals surface area contributed by atoms with Crippen molar-refractivity contribution >= 4 is 46.6 Å². The first kappa shape index (κ1) is 53.8. The molecule has 0 unspecified atom stereocenters. The summed E-state index contributed by atoms with van der Waals surface area (Å²) in [6.07, 6.45) is 1.18. The summed E-state index contributed by atoms with van der Waals surface area (Å²) in [4.78, 5) is 61.4. The normalized spacial score (nSPS) is 20.1. The minimum atomic E-state index is -0.974. The largest absolute Gasteiger partial charge is 0.494 e. The number of thiazole rings is 1. The third kappa shape index (κ3) is 12.8. The van der Waals surface area contributed by atoms with Crippen molar-refractivity contribution in [2.45, 2.75) is 117 Å². The van der Waals surface area contributed by atoms with Crippen molar-refractivity contribution in [3.8, 4) is 28.0 Å². The lowest BCUT2D eigenvalue weighted by atomic mass is 9.49. The molecule has 4 atom stereocenters. The van der Waals surface area contributed by atoms with Gasteiger partial charge in [0.2, 0.25) is 17.7 Å². The highest BCUT2D eigenvalue weighted by atomic mass is 35.5. The quantitative estimate of drug-likeness (QED) is 0.0521. The van der Waals surface area contributed by atoms with Gasteiger partial charge in [0.25, 0.3) is 5.91 Å². The molecule has 17 heteroatoms.